The highest BCUT2D eigenvalue weighted by molar-refractivity contribution is 5.96. The number of aliphatic hydroxyl groups is 1. The fraction of sp³-hybridized carbons (Fsp3) is 0.625. The molecule has 2 aromatic rings. The van der Waals surface area contributed by atoms with Crippen molar-refractivity contribution in [3.8, 4) is 0 Å². The van der Waals surface area contributed by atoms with Crippen LogP contribution in [0.15, 0.2) is 12.3 Å². The van der Waals surface area contributed by atoms with Crippen LogP contribution < -0.4 is 5.32 Å². The smallest absolute Gasteiger partial charge is 0.253 e. The van der Waals surface area contributed by atoms with Crippen molar-refractivity contribution in [2.75, 3.05) is 6.54 Å². The van der Waals surface area contributed by atoms with E-state index in [4.69, 9.17) is 0 Å². The largest absolute Gasteiger partial charge is 0.388 e. The first-order chi connectivity index (χ1) is 10.8. The van der Waals surface area contributed by atoms with Crippen LogP contribution in [0.1, 0.15) is 49.9 Å². The van der Waals surface area contributed by atoms with Crippen LogP contribution in [0, 0.1) is 5.41 Å². The molecule has 1 aliphatic rings. The molecule has 2 N–H and O–H groups in total. The number of hydrogen-bond acceptors (Lipinski definition) is 5. The molecule has 1 aliphatic carbocycles. The summed E-state index contributed by atoms with van der Waals surface area (Å²) in [6.45, 7) is 4.57. The third-order valence-corrected chi connectivity index (χ3v) is 4.58. The van der Waals surface area contributed by atoms with Crippen LogP contribution in [0.25, 0.3) is 11.2 Å². The molecule has 3 rings (SSSR count). The lowest BCUT2D eigenvalue weighted by Gasteiger charge is -2.41. The monoisotopic (exact) mass is 317 g/mol. The van der Waals surface area contributed by atoms with Gasteiger partial charge in [-0.25, -0.2) is 9.67 Å². The molecule has 0 aromatic carbocycles. The number of aromatic nitrogens is 4. The summed E-state index contributed by atoms with van der Waals surface area (Å²) >= 11 is 0. The van der Waals surface area contributed by atoms with Gasteiger partial charge >= 0.3 is 0 Å². The SMILES string of the molecule is Cn1nnc2cc(C(=O)NCC3(O)CCCC(C)(C)C3)cnc21. The summed E-state index contributed by atoms with van der Waals surface area (Å²) in [6, 6.07) is 1.67. The van der Waals surface area contributed by atoms with E-state index in [1.807, 2.05) is 0 Å². The van der Waals surface area contributed by atoms with Crippen LogP contribution >= 0.6 is 0 Å². The first-order valence-corrected chi connectivity index (χ1v) is 7.94. The van der Waals surface area contributed by atoms with E-state index in [0.29, 0.717) is 23.1 Å². The summed E-state index contributed by atoms with van der Waals surface area (Å²) in [4.78, 5) is 16.5. The lowest BCUT2D eigenvalue weighted by molar-refractivity contribution is -0.0361. The second kappa shape index (κ2) is 5.56. The van der Waals surface area contributed by atoms with Crippen molar-refractivity contribution in [2.24, 2.45) is 12.5 Å². The van der Waals surface area contributed by atoms with Crippen LogP contribution in [0.2, 0.25) is 0 Å². The minimum atomic E-state index is -0.832. The fourth-order valence-corrected chi connectivity index (χ4v) is 3.51. The number of aryl methyl sites for hydroxylation is 1. The Hall–Kier alpha value is -2.02. The number of pyridine rings is 1. The Labute approximate surface area is 135 Å². The third kappa shape index (κ3) is 3.34. The predicted octanol–water partition coefficient (Wildman–Crippen LogP) is 1.42. The highest BCUT2D eigenvalue weighted by Gasteiger charge is 2.38. The summed E-state index contributed by atoms with van der Waals surface area (Å²) < 4.78 is 1.56. The average Bonchev–Trinajstić information content (AvgIpc) is 2.84. The number of nitrogens with zero attached hydrogens (tertiary/aromatic N) is 4. The number of rotatable bonds is 3. The maximum Gasteiger partial charge on any atom is 0.253 e. The number of carbonyl (C=O) groups excluding carboxylic acids is 1. The molecule has 0 saturated heterocycles. The average molecular weight is 317 g/mol. The van der Waals surface area contributed by atoms with Crippen molar-refractivity contribution in [3.63, 3.8) is 0 Å². The van der Waals surface area contributed by atoms with E-state index in [1.165, 1.54) is 6.20 Å². The van der Waals surface area contributed by atoms with Crippen molar-refractivity contribution < 1.29 is 9.90 Å². The van der Waals surface area contributed by atoms with E-state index in [1.54, 1.807) is 17.8 Å². The molecule has 0 aliphatic heterocycles. The zero-order chi connectivity index (χ0) is 16.7. The van der Waals surface area contributed by atoms with Crippen LogP contribution in [-0.4, -0.2) is 43.1 Å². The molecule has 1 unspecified atom stereocenters. The summed E-state index contributed by atoms with van der Waals surface area (Å²) in [5.41, 5.74) is 0.919. The number of nitrogens with one attached hydrogen (secondary N) is 1. The molecule has 1 atom stereocenters. The van der Waals surface area contributed by atoms with E-state index < -0.39 is 5.60 Å². The van der Waals surface area contributed by atoms with E-state index in [2.05, 4.69) is 34.5 Å². The van der Waals surface area contributed by atoms with Crippen LogP contribution in [-0.2, 0) is 7.05 Å². The fourth-order valence-electron chi connectivity index (χ4n) is 3.51. The summed E-state index contributed by atoms with van der Waals surface area (Å²) in [7, 11) is 1.75. The zero-order valence-electron chi connectivity index (χ0n) is 13.8. The lowest BCUT2D eigenvalue weighted by Crippen LogP contribution is -2.48. The Morgan fingerprint density at radius 2 is 2.22 bits per heavy atom. The van der Waals surface area contributed by atoms with Gasteiger partial charge in [0.15, 0.2) is 5.65 Å². The molecular weight excluding hydrogens is 294 g/mol. The van der Waals surface area contributed by atoms with Crippen LogP contribution in [0.3, 0.4) is 0 Å². The van der Waals surface area contributed by atoms with Gasteiger partial charge < -0.3 is 10.4 Å². The van der Waals surface area contributed by atoms with Gasteiger partial charge in [-0.1, -0.05) is 19.1 Å². The molecule has 0 radical (unpaired) electrons. The minimum absolute atomic E-state index is 0.109. The molecule has 1 amide bonds. The molecule has 2 heterocycles. The quantitative estimate of drug-likeness (QED) is 0.893. The molecule has 7 nitrogen and oxygen atoms in total. The van der Waals surface area contributed by atoms with Gasteiger partial charge in [0, 0.05) is 19.8 Å². The van der Waals surface area contributed by atoms with E-state index in [-0.39, 0.29) is 17.9 Å². The molecule has 1 fully saturated rings. The normalized spacial score (nSPS) is 23.8. The molecule has 0 bridgehead atoms. The van der Waals surface area contributed by atoms with E-state index in [0.717, 1.165) is 19.3 Å². The standard InChI is InChI=1S/C16H23N5O2/c1-15(2)5-4-6-16(23,9-15)10-18-14(22)11-7-12-13(17-8-11)21(3)20-19-12/h7-8,23H,4-6,9-10H2,1-3H3,(H,18,22). The molecular formula is C16H23N5O2. The Balaban J connectivity index is 1.68. The highest BCUT2D eigenvalue weighted by atomic mass is 16.3. The molecule has 1 saturated carbocycles. The van der Waals surface area contributed by atoms with Gasteiger partial charge in [0.2, 0.25) is 0 Å². The van der Waals surface area contributed by atoms with Gasteiger partial charge in [0.05, 0.1) is 11.2 Å². The first kappa shape index (κ1) is 15.9. The Morgan fingerprint density at radius 1 is 1.43 bits per heavy atom. The molecule has 124 valence electrons. The van der Waals surface area contributed by atoms with Crippen LogP contribution in [0.4, 0.5) is 0 Å². The number of hydrogen-bond donors (Lipinski definition) is 2. The summed E-state index contributed by atoms with van der Waals surface area (Å²) in [6.07, 6.45) is 5.01. The minimum Gasteiger partial charge on any atom is -0.388 e. The zero-order valence-corrected chi connectivity index (χ0v) is 13.8. The van der Waals surface area contributed by atoms with Crippen molar-refractivity contribution in [1.29, 1.82) is 0 Å². The van der Waals surface area contributed by atoms with E-state index in [9.17, 15) is 9.90 Å². The van der Waals surface area contributed by atoms with Crippen molar-refractivity contribution in [3.05, 3.63) is 17.8 Å². The molecule has 2 aromatic heterocycles. The van der Waals surface area contributed by atoms with Gasteiger partial charge in [0.25, 0.3) is 5.91 Å². The van der Waals surface area contributed by atoms with Gasteiger partial charge in [-0.15, -0.1) is 5.10 Å². The molecule has 23 heavy (non-hydrogen) atoms. The Morgan fingerprint density at radius 3 is 2.96 bits per heavy atom. The van der Waals surface area contributed by atoms with Crippen LogP contribution in [0.5, 0.6) is 0 Å². The van der Waals surface area contributed by atoms with Gasteiger partial charge in [0.1, 0.15) is 5.52 Å². The third-order valence-electron chi connectivity index (χ3n) is 4.58. The maximum atomic E-state index is 12.3. The first-order valence-electron chi connectivity index (χ1n) is 7.94. The van der Waals surface area contributed by atoms with Crippen molar-refractivity contribution in [1.82, 2.24) is 25.3 Å². The number of fused-ring (bicyclic) bond motifs is 1. The Bertz CT molecular complexity index is 739. The topological polar surface area (TPSA) is 92.9 Å². The maximum absolute atomic E-state index is 12.3. The van der Waals surface area contributed by atoms with Gasteiger partial charge in [-0.3, -0.25) is 4.79 Å². The highest BCUT2D eigenvalue weighted by Crippen LogP contribution is 2.40. The number of carbonyl (C=O) groups is 1. The second-order valence-corrected chi connectivity index (χ2v) is 7.38. The van der Waals surface area contributed by atoms with Crippen molar-refractivity contribution in [2.45, 2.75) is 45.1 Å². The lowest BCUT2D eigenvalue weighted by atomic mass is 9.70. The van der Waals surface area contributed by atoms with Gasteiger partial charge in [-0.05, 0) is 37.2 Å². The summed E-state index contributed by atoms with van der Waals surface area (Å²) in [5, 5.41) is 21.4. The predicted molar refractivity (Wildman–Crippen MR) is 85.8 cm³/mol. The number of amides is 1. The van der Waals surface area contributed by atoms with E-state index >= 15 is 0 Å². The summed E-state index contributed by atoms with van der Waals surface area (Å²) in [5.74, 6) is -0.248. The van der Waals surface area contributed by atoms with Gasteiger partial charge in [-0.2, -0.15) is 0 Å². The molecule has 0 spiro atoms. The Kier molecular flexibility index (Phi) is 3.83. The molecule has 7 heteroatoms. The second-order valence-electron chi connectivity index (χ2n) is 7.38. The van der Waals surface area contributed by atoms with Crippen molar-refractivity contribution >= 4 is 17.1 Å².